The van der Waals surface area contributed by atoms with Crippen molar-refractivity contribution in [3.8, 4) is 11.5 Å². The largest absolute Gasteiger partial charge is 0.493 e. The molecule has 0 amide bonds. The summed E-state index contributed by atoms with van der Waals surface area (Å²) in [6.07, 6.45) is 1.05. The van der Waals surface area contributed by atoms with Crippen LogP contribution in [-0.4, -0.2) is 34.1 Å². The van der Waals surface area contributed by atoms with Crippen LogP contribution in [0.3, 0.4) is 0 Å². The predicted molar refractivity (Wildman–Crippen MR) is 70.8 cm³/mol. The number of sulfone groups is 1. The van der Waals surface area contributed by atoms with Gasteiger partial charge in [0.05, 0.1) is 20.8 Å². The van der Waals surface area contributed by atoms with E-state index in [-0.39, 0.29) is 0 Å². The molecule has 1 atom stereocenters. The van der Waals surface area contributed by atoms with E-state index in [0.29, 0.717) is 23.7 Å². The summed E-state index contributed by atoms with van der Waals surface area (Å²) in [6.45, 7) is 2.25. The van der Waals surface area contributed by atoms with Crippen LogP contribution in [-0.2, 0) is 9.84 Å². The van der Waals surface area contributed by atoms with Crippen LogP contribution in [0.1, 0.15) is 19.9 Å². The average molecular weight is 274 g/mol. The molecule has 0 aliphatic heterocycles. The minimum Gasteiger partial charge on any atom is -0.493 e. The second-order valence-electron chi connectivity index (χ2n) is 3.89. The van der Waals surface area contributed by atoms with Gasteiger partial charge in [0.25, 0.3) is 0 Å². The monoisotopic (exact) mass is 274 g/mol. The minimum absolute atomic E-state index is 0.363. The van der Waals surface area contributed by atoms with Gasteiger partial charge in [0.1, 0.15) is 9.84 Å². The highest BCUT2D eigenvalue weighted by atomic mass is 32.2. The fraction of sp³-hybridized carbons (Fsp3) is 0.500. The summed E-state index contributed by atoms with van der Waals surface area (Å²) in [5.41, 5.74) is 6.14. The Morgan fingerprint density at radius 1 is 1.44 bits per heavy atom. The molecule has 0 bridgehead atoms. The number of hydrogen-bond acceptors (Lipinski definition) is 5. The molecule has 0 spiro atoms. The lowest BCUT2D eigenvalue weighted by Crippen LogP contribution is -2.20. The van der Waals surface area contributed by atoms with Gasteiger partial charge in [-0.15, -0.1) is 0 Å². The number of nitrogens with two attached hydrogens (primary N) is 1. The van der Waals surface area contributed by atoms with Gasteiger partial charge in [-0.1, -0.05) is 6.07 Å². The van der Waals surface area contributed by atoms with Crippen molar-refractivity contribution in [1.82, 2.24) is 0 Å². The van der Waals surface area contributed by atoms with Crippen LogP contribution in [0.15, 0.2) is 18.2 Å². The van der Waals surface area contributed by atoms with Crippen molar-refractivity contribution < 1.29 is 19.3 Å². The van der Waals surface area contributed by atoms with Crippen LogP contribution >= 0.6 is 0 Å². The van der Waals surface area contributed by atoms with Crippen molar-refractivity contribution in [2.24, 2.45) is 5.73 Å². The van der Waals surface area contributed by atoms with Gasteiger partial charge in [-0.25, -0.2) is 8.42 Å². The molecule has 102 valence electrons. The van der Waals surface area contributed by atoms with Crippen molar-refractivity contribution in [1.29, 1.82) is 0 Å². The first-order chi connectivity index (χ1) is 8.69. The first-order valence-corrected chi connectivity index (χ1v) is 7.53. The lowest BCUT2D eigenvalue weighted by molar-refractivity contribution is 0.310. The van der Waals surface area contributed by atoms with Gasteiger partial charge < -0.3 is 15.2 Å². The lowest BCUT2D eigenvalue weighted by atomic mass is 10.1. The molecular weight excluding hydrogens is 254 g/mol. The second kappa shape index (κ2) is 6.06. The molecule has 5 nitrogen and oxygen atoms in total. The van der Waals surface area contributed by atoms with Gasteiger partial charge in [-0.05, 0) is 24.6 Å². The zero-order valence-corrected chi connectivity index (χ0v) is 11.6. The molecule has 0 aromatic heterocycles. The van der Waals surface area contributed by atoms with E-state index in [9.17, 15) is 8.42 Å². The van der Waals surface area contributed by atoms with E-state index in [4.69, 9.17) is 16.6 Å². The van der Waals surface area contributed by atoms with Gasteiger partial charge in [0.15, 0.2) is 11.5 Å². The Labute approximate surface area is 109 Å². The molecule has 0 saturated heterocycles. The summed E-state index contributed by atoms with van der Waals surface area (Å²) in [5.74, 6) is 0.497. The van der Waals surface area contributed by atoms with E-state index < -0.39 is 21.6 Å². The Hall–Kier alpha value is -1.27. The third kappa shape index (κ3) is 4.19. The topological polar surface area (TPSA) is 78.6 Å². The fourth-order valence-electron chi connectivity index (χ4n) is 1.51. The molecule has 0 unspecified atom stereocenters. The molecule has 1 rings (SSSR count). The molecular formula is C12H19NO4S. The smallest absolute Gasteiger partial charge is 0.161 e. The highest BCUT2D eigenvalue weighted by Crippen LogP contribution is 2.30. The van der Waals surface area contributed by atoms with Crippen LogP contribution in [0.25, 0.3) is 0 Å². The highest BCUT2D eigenvalue weighted by Gasteiger charge is 2.15. The number of ether oxygens (including phenoxy) is 2. The summed E-state index contributed by atoms with van der Waals surface area (Å²) < 4.78 is 41.1. The summed E-state index contributed by atoms with van der Waals surface area (Å²) in [6, 6.07) is 3.00. The van der Waals surface area contributed by atoms with E-state index in [1.54, 1.807) is 18.2 Å². The Morgan fingerprint density at radius 3 is 2.61 bits per heavy atom. The van der Waals surface area contributed by atoms with Crippen molar-refractivity contribution in [2.75, 3.05) is 25.7 Å². The maximum Gasteiger partial charge on any atom is 0.161 e. The van der Waals surface area contributed by atoms with Gasteiger partial charge in [0.2, 0.25) is 0 Å². The summed E-state index contributed by atoms with van der Waals surface area (Å²) in [5, 5.41) is 0. The molecule has 1 aromatic carbocycles. The Balaban J connectivity index is 3.16. The van der Waals surface area contributed by atoms with Crippen LogP contribution < -0.4 is 15.2 Å². The molecule has 0 fully saturated rings. The molecule has 0 aliphatic rings. The first kappa shape index (κ1) is 13.2. The number of rotatable bonds is 6. The van der Waals surface area contributed by atoms with Crippen molar-refractivity contribution in [3.63, 3.8) is 0 Å². The van der Waals surface area contributed by atoms with E-state index in [0.717, 1.165) is 6.26 Å². The molecule has 6 heteroatoms. The Bertz CT molecular complexity index is 543. The maximum atomic E-state index is 11.3. The fourth-order valence-corrected chi connectivity index (χ4v) is 2.24. The average Bonchev–Trinajstić information content (AvgIpc) is 2.26. The lowest BCUT2D eigenvalue weighted by Gasteiger charge is -2.15. The molecule has 2 N–H and O–H groups in total. The Morgan fingerprint density at radius 2 is 2.11 bits per heavy atom. The van der Waals surface area contributed by atoms with Crippen LogP contribution in [0.5, 0.6) is 11.5 Å². The van der Waals surface area contributed by atoms with Crippen molar-refractivity contribution >= 4 is 9.84 Å². The van der Waals surface area contributed by atoms with Crippen LogP contribution in [0.2, 0.25) is 0 Å². The maximum absolute atomic E-state index is 11.3. The summed E-state index contributed by atoms with van der Waals surface area (Å²) in [7, 11) is -1.85. The van der Waals surface area contributed by atoms with Gasteiger partial charge >= 0.3 is 0 Å². The van der Waals surface area contributed by atoms with E-state index in [1.807, 2.05) is 6.92 Å². The van der Waals surface area contributed by atoms with Crippen molar-refractivity contribution in [3.05, 3.63) is 23.8 Å². The number of hydrogen-bond donors (Lipinski definition) is 1. The molecule has 0 aliphatic carbocycles. The molecule has 1 aromatic rings. The van der Waals surface area contributed by atoms with Crippen molar-refractivity contribution in [2.45, 2.75) is 12.9 Å². The third-order valence-electron chi connectivity index (χ3n) is 2.25. The minimum atomic E-state index is -3.36. The summed E-state index contributed by atoms with van der Waals surface area (Å²) in [4.78, 5) is 0. The quantitative estimate of drug-likeness (QED) is 0.841. The van der Waals surface area contributed by atoms with E-state index in [1.165, 1.54) is 7.11 Å². The van der Waals surface area contributed by atoms with E-state index >= 15 is 0 Å². The molecule has 0 radical (unpaired) electrons. The SMILES string of the molecule is [2H][C@@](N)(CS(C)(=O)=O)c1ccc(OC)c(OCC)c1. The van der Waals surface area contributed by atoms with E-state index in [2.05, 4.69) is 0 Å². The first-order valence-electron chi connectivity index (χ1n) is 5.97. The standard InChI is InChI=1S/C12H19NO4S/c1-4-17-12-7-9(5-6-11(12)16-2)10(13)8-18(3,14)15/h5-7,10H,4,8,13H2,1-3H3/t10-/m1/s1/i10D. The molecule has 18 heavy (non-hydrogen) atoms. The van der Waals surface area contributed by atoms with Gasteiger partial charge in [-0.2, -0.15) is 0 Å². The van der Waals surface area contributed by atoms with Gasteiger partial charge in [-0.3, -0.25) is 0 Å². The highest BCUT2D eigenvalue weighted by molar-refractivity contribution is 7.90. The number of benzene rings is 1. The Kier molecular flexibility index (Phi) is 4.43. The molecule has 0 heterocycles. The predicted octanol–water partition coefficient (Wildman–Crippen LogP) is 1.14. The number of methoxy groups -OCH3 is 1. The zero-order valence-electron chi connectivity index (χ0n) is 11.8. The third-order valence-corrected chi connectivity index (χ3v) is 3.09. The molecule has 0 saturated carbocycles. The normalized spacial score (nSPS) is 15.7. The summed E-state index contributed by atoms with van der Waals surface area (Å²) >= 11 is 0. The van der Waals surface area contributed by atoms with Gasteiger partial charge in [0, 0.05) is 12.3 Å². The van der Waals surface area contributed by atoms with Crippen LogP contribution in [0.4, 0.5) is 0 Å². The zero-order chi connectivity index (χ0) is 14.7. The van der Waals surface area contributed by atoms with Crippen LogP contribution in [0, 0.1) is 0 Å². The second-order valence-corrected chi connectivity index (χ2v) is 6.03.